The van der Waals surface area contributed by atoms with Crippen molar-refractivity contribution in [3.8, 4) is 0 Å². The van der Waals surface area contributed by atoms with Crippen molar-refractivity contribution in [3.05, 3.63) is 41.7 Å². The van der Waals surface area contributed by atoms with Crippen LogP contribution < -0.4 is 0 Å². The van der Waals surface area contributed by atoms with E-state index in [1.807, 2.05) is 51.4 Å². The molecule has 0 spiro atoms. The van der Waals surface area contributed by atoms with E-state index in [1.54, 1.807) is 11.0 Å². The lowest BCUT2D eigenvalue weighted by molar-refractivity contribution is -0.127. The number of rotatable bonds is 8. The topological polar surface area (TPSA) is 70.8 Å². The number of carbonyl (C=O) groups is 1. The van der Waals surface area contributed by atoms with Crippen LogP contribution in [0.2, 0.25) is 0 Å². The number of nitrogens with zero attached hydrogens (tertiary/aromatic N) is 2. The van der Waals surface area contributed by atoms with E-state index in [-0.39, 0.29) is 23.5 Å². The van der Waals surface area contributed by atoms with Gasteiger partial charge in [-0.3, -0.25) is 4.79 Å². The normalized spacial score (nSPS) is 18.8. The minimum absolute atomic E-state index is 0.0589. The van der Waals surface area contributed by atoms with Crippen LogP contribution in [0, 0.1) is 0 Å². The summed E-state index contributed by atoms with van der Waals surface area (Å²) in [5, 5.41) is 0.982. The van der Waals surface area contributed by atoms with Crippen LogP contribution in [0.15, 0.2) is 34.8 Å². The number of furan rings is 1. The van der Waals surface area contributed by atoms with Crippen LogP contribution in [-0.2, 0) is 21.1 Å². The summed E-state index contributed by atoms with van der Waals surface area (Å²) >= 11 is 0. The maximum Gasteiger partial charge on any atom is 0.246 e. The SMILES string of the molecule is CCc1oc2ccccc2c1/C=C/C(=O)N(CCCN(C)C)C1CCS(=O)(=O)C1. The second kappa shape index (κ2) is 9.13. The molecular weight excluding hydrogens is 388 g/mol. The summed E-state index contributed by atoms with van der Waals surface area (Å²) in [6.07, 6.45) is 5.43. The highest BCUT2D eigenvalue weighted by Gasteiger charge is 2.33. The molecular formula is C22H30N2O4S. The van der Waals surface area contributed by atoms with Crippen LogP contribution in [0.5, 0.6) is 0 Å². The number of hydrogen-bond acceptors (Lipinski definition) is 5. The van der Waals surface area contributed by atoms with E-state index in [1.165, 1.54) is 0 Å². The third-order valence-electron chi connectivity index (χ3n) is 5.36. The first kappa shape index (κ1) is 21.6. The second-order valence-electron chi connectivity index (χ2n) is 7.87. The third kappa shape index (κ3) is 5.28. The Bertz CT molecular complexity index is 991. The van der Waals surface area contributed by atoms with Crippen molar-refractivity contribution in [2.45, 2.75) is 32.2 Å². The first-order chi connectivity index (χ1) is 13.8. The van der Waals surface area contributed by atoms with Gasteiger partial charge in [-0.1, -0.05) is 25.1 Å². The summed E-state index contributed by atoms with van der Waals surface area (Å²) in [4.78, 5) is 16.8. The molecule has 2 heterocycles. The van der Waals surface area contributed by atoms with E-state index in [0.29, 0.717) is 13.0 Å². The largest absolute Gasteiger partial charge is 0.460 e. The van der Waals surface area contributed by atoms with Crippen molar-refractivity contribution in [1.29, 1.82) is 0 Å². The van der Waals surface area contributed by atoms with E-state index in [4.69, 9.17) is 4.42 Å². The number of sulfone groups is 1. The minimum Gasteiger partial charge on any atom is -0.460 e. The first-order valence-electron chi connectivity index (χ1n) is 10.1. The van der Waals surface area contributed by atoms with Gasteiger partial charge in [0, 0.05) is 36.0 Å². The molecule has 0 bridgehead atoms. The fourth-order valence-corrected chi connectivity index (χ4v) is 5.59. The Morgan fingerprint density at radius 2 is 2.00 bits per heavy atom. The number of benzene rings is 1. The van der Waals surface area contributed by atoms with Gasteiger partial charge < -0.3 is 14.2 Å². The lowest BCUT2D eigenvalue weighted by Crippen LogP contribution is -2.41. The van der Waals surface area contributed by atoms with Crippen molar-refractivity contribution in [1.82, 2.24) is 9.80 Å². The minimum atomic E-state index is -3.06. The summed E-state index contributed by atoms with van der Waals surface area (Å²) in [5.74, 6) is 0.922. The predicted molar refractivity (Wildman–Crippen MR) is 117 cm³/mol. The number of aryl methyl sites for hydroxylation is 1. The molecule has 1 aromatic carbocycles. The molecule has 158 valence electrons. The average Bonchev–Trinajstić information content (AvgIpc) is 3.22. The van der Waals surface area contributed by atoms with Gasteiger partial charge in [-0.25, -0.2) is 8.42 Å². The van der Waals surface area contributed by atoms with E-state index in [0.717, 1.165) is 41.7 Å². The van der Waals surface area contributed by atoms with Gasteiger partial charge in [-0.2, -0.15) is 0 Å². The molecule has 0 N–H and O–H groups in total. The van der Waals surface area contributed by atoms with Gasteiger partial charge in [-0.05, 0) is 45.6 Å². The lowest BCUT2D eigenvalue weighted by atomic mass is 10.1. The highest BCUT2D eigenvalue weighted by atomic mass is 32.2. The predicted octanol–water partition coefficient (Wildman–Crippen LogP) is 2.98. The van der Waals surface area contributed by atoms with E-state index in [2.05, 4.69) is 4.90 Å². The van der Waals surface area contributed by atoms with E-state index >= 15 is 0 Å². The summed E-state index contributed by atoms with van der Waals surface area (Å²) in [5.41, 5.74) is 1.73. The van der Waals surface area contributed by atoms with Gasteiger partial charge in [0.05, 0.1) is 11.5 Å². The van der Waals surface area contributed by atoms with Crippen molar-refractivity contribution in [2.75, 3.05) is 38.7 Å². The summed E-state index contributed by atoms with van der Waals surface area (Å²) < 4.78 is 29.8. The van der Waals surface area contributed by atoms with Gasteiger partial charge in [-0.15, -0.1) is 0 Å². The molecule has 7 heteroatoms. The van der Waals surface area contributed by atoms with Gasteiger partial charge in [0.15, 0.2) is 9.84 Å². The van der Waals surface area contributed by atoms with Gasteiger partial charge in [0.25, 0.3) is 0 Å². The maximum absolute atomic E-state index is 13.0. The number of carbonyl (C=O) groups excluding carboxylic acids is 1. The lowest BCUT2D eigenvalue weighted by Gasteiger charge is -2.27. The Morgan fingerprint density at radius 1 is 1.24 bits per heavy atom. The average molecular weight is 419 g/mol. The zero-order valence-corrected chi connectivity index (χ0v) is 18.2. The molecule has 29 heavy (non-hydrogen) atoms. The fraction of sp³-hybridized carbons (Fsp3) is 0.500. The molecule has 6 nitrogen and oxygen atoms in total. The van der Waals surface area contributed by atoms with Crippen LogP contribution in [0.1, 0.15) is 31.1 Å². The summed E-state index contributed by atoms with van der Waals surface area (Å²) in [6, 6.07) is 7.54. The van der Waals surface area contributed by atoms with Crippen molar-refractivity contribution in [3.63, 3.8) is 0 Å². The summed E-state index contributed by atoms with van der Waals surface area (Å²) in [7, 11) is 0.921. The molecule has 0 radical (unpaired) electrons. The van der Waals surface area contributed by atoms with Crippen LogP contribution in [0.4, 0.5) is 0 Å². The molecule has 1 saturated heterocycles. The highest BCUT2D eigenvalue weighted by molar-refractivity contribution is 7.91. The van der Waals surface area contributed by atoms with Gasteiger partial charge in [0.1, 0.15) is 11.3 Å². The van der Waals surface area contributed by atoms with Crippen molar-refractivity contribution < 1.29 is 17.6 Å². The number of para-hydroxylation sites is 1. The monoisotopic (exact) mass is 418 g/mol. The van der Waals surface area contributed by atoms with Crippen LogP contribution >= 0.6 is 0 Å². The molecule has 1 atom stereocenters. The molecule has 0 aliphatic carbocycles. The Kier molecular flexibility index (Phi) is 6.80. The quantitative estimate of drug-likeness (QED) is 0.617. The molecule has 0 saturated carbocycles. The maximum atomic E-state index is 13.0. The second-order valence-corrected chi connectivity index (χ2v) is 10.1. The Labute approximate surface area is 173 Å². The van der Waals surface area contributed by atoms with Crippen LogP contribution in [-0.4, -0.2) is 68.9 Å². The zero-order chi connectivity index (χ0) is 21.0. The molecule has 1 aliphatic heterocycles. The Morgan fingerprint density at radius 3 is 2.66 bits per heavy atom. The Balaban J connectivity index is 1.82. The molecule has 1 fully saturated rings. The molecule has 1 aliphatic rings. The molecule has 3 rings (SSSR count). The van der Waals surface area contributed by atoms with E-state index < -0.39 is 9.84 Å². The van der Waals surface area contributed by atoms with Crippen LogP contribution in [0.25, 0.3) is 17.0 Å². The zero-order valence-electron chi connectivity index (χ0n) is 17.4. The van der Waals surface area contributed by atoms with Crippen LogP contribution in [0.3, 0.4) is 0 Å². The first-order valence-corrected chi connectivity index (χ1v) is 12.0. The van der Waals surface area contributed by atoms with E-state index in [9.17, 15) is 13.2 Å². The van der Waals surface area contributed by atoms with Crippen molar-refractivity contribution >= 4 is 32.8 Å². The highest BCUT2D eigenvalue weighted by Crippen LogP contribution is 2.27. The van der Waals surface area contributed by atoms with Crippen molar-refractivity contribution in [2.24, 2.45) is 0 Å². The summed E-state index contributed by atoms with van der Waals surface area (Å²) in [6.45, 7) is 3.42. The number of amides is 1. The number of hydrogen-bond donors (Lipinski definition) is 0. The molecule has 1 amide bonds. The standard InChI is InChI=1S/C22H30N2O4S/c1-4-20-19(18-8-5-6-9-21(18)28-20)10-11-22(25)24(14-7-13-23(2)3)17-12-15-29(26,27)16-17/h5-6,8-11,17H,4,7,12-16H2,1-3H3/b11-10+. The Hall–Kier alpha value is -2.12. The van der Waals surface area contributed by atoms with Gasteiger partial charge in [0.2, 0.25) is 5.91 Å². The third-order valence-corrected chi connectivity index (χ3v) is 7.11. The molecule has 1 unspecified atom stereocenters. The number of fused-ring (bicyclic) bond motifs is 1. The molecule has 2 aromatic rings. The smallest absolute Gasteiger partial charge is 0.246 e. The fourth-order valence-electron chi connectivity index (χ4n) is 3.86. The van der Waals surface area contributed by atoms with Gasteiger partial charge >= 0.3 is 0 Å². The molecule has 1 aromatic heterocycles.